The van der Waals surface area contributed by atoms with Crippen LogP contribution < -0.4 is 16.0 Å². The van der Waals surface area contributed by atoms with Crippen LogP contribution in [0.25, 0.3) is 33.2 Å². The molecule has 0 atom stereocenters. The Hall–Kier alpha value is -4.48. The van der Waals surface area contributed by atoms with Gasteiger partial charge >= 0.3 is 12.2 Å². The van der Waals surface area contributed by atoms with E-state index in [1.807, 2.05) is 7.05 Å². The van der Waals surface area contributed by atoms with Gasteiger partial charge in [-0.15, -0.1) is 21.5 Å². The number of anilines is 1. The van der Waals surface area contributed by atoms with E-state index in [2.05, 4.69) is 50.9 Å². The van der Waals surface area contributed by atoms with Gasteiger partial charge in [-0.1, -0.05) is 0 Å². The highest BCUT2D eigenvalue weighted by atomic mass is 32.1. The average Bonchev–Trinajstić information content (AvgIpc) is 3.66. The minimum atomic E-state index is -4.90. The van der Waals surface area contributed by atoms with Gasteiger partial charge < -0.3 is 20.0 Å². The first-order chi connectivity index (χ1) is 21.5. The second-order valence-corrected chi connectivity index (χ2v) is 11.3. The molecule has 0 radical (unpaired) electrons. The van der Waals surface area contributed by atoms with Crippen molar-refractivity contribution in [3.63, 3.8) is 0 Å². The van der Waals surface area contributed by atoms with Crippen LogP contribution in [0.2, 0.25) is 0 Å². The number of rotatable bonds is 9. The lowest BCUT2D eigenvalue weighted by Gasteiger charge is -2.32. The quantitative estimate of drug-likeness (QED) is 0.245. The van der Waals surface area contributed by atoms with Gasteiger partial charge in [0.2, 0.25) is 11.8 Å². The Kier molecular flexibility index (Phi) is 9.69. The maximum atomic E-state index is 14.2. The van der Waals surface area contributed by atoms with E-state index in [-0.39, 0.29) is 28.8 Å². The number of aryl methyl sites for hydroxylation is 1. The first-order valence-electron chi connectivity index (χ1n) is 14.1. The molecule has 0 spiro atoms. The first-order valence-corrected chi connectivity index (χ1v) is 14.9. The Labute approximate surface area is 260 Å². The van der Waals surface area contributed by atoms with Crippen molar-refractivity contribution in [3.8, 4) is 33.2 Å². The van der Waals surface area contributed by atoms with Gasteiger partial charge in [0.25, 0.3) is 5.91 Å². The molecule has 0 unspecified atom stereocenters. The third kappa shape index (κ3) is 7.79. The van der Waals surface area contributed by atoms with Gasteiger partial charge in [-0.2, -0.15) is 13.2 Å². The molecule has 1 saturated heterocycles. The molecular weight excluding hydrogens is 613 g/mol. The van der Waals surface area contributed by atoms with Crippen LogP contribution in [0, 0.1) is 6.92 Å². The summed E-state index contributed by atoms with van der Waals surface area (Å²) >= 11 is 0.604. The van der Waals surface area contributed by atoms with E-state index in [0.717, 1.165) is 26.2 Å². The Balaban J connectivity index is 1.50. The molecule has 238 valence electrons. The maximum absolute atomic E-state index is 14.2. The molecule has 1 fully saturated rings. The van der Waals surface area contributed by atoms with E-state index in [9.17, 15) is 22.8 Å². The summed E-state index contributed by atoms with van der Waals surface area (Å²) in [5.41, 5.74) is 0.182. The molecule has 45 heavy (non-hydrogen) atoms. The molecule has 4 aromatic heterocycles. The number of halogens is 3. The topological polar surface area (TPSA) is 154 Å². The van der Waals surface area contributed by atoms with Gasteiger partial charge in [0.05, 0.1) is 5.56 Å². The third-order valence-electron chi connectivity index (χ3n) is 6.95. The highest BCUT2D eigenvalue weighted by Gasteiger charge is 2.40. The van der Waals surface area contributed by atoms with Crippen LogP contribution in [-0.4, -0.2) is 99.7 Å². The van der Waals surface area contributed by atoms with Crippen molar-refractivity contribution in [2.45, 2.75) is 20.0 Å². The van der Waals surface area contributed by atoms with Gasteiger partial charge in [-0.05, 0) is 26.1 Å². The first kappa shape index (κ1) is 31.9. The number of nitrogens with zero attached hydrogens (tertiary/aromatic N) is 7. The Morgan fingerprint density at radius 3 is 2.47 bits per heavy atom. The Morgan fingerprint density at radius 2 is 1.78 bits per heavy atom. The molecule has 5 heterocycles. The molecule has 5 rings (SSSR count). The zero-order valence-corrected chi connectivity index (χ0v) is 25.6. The molecule has 3 N–H and O–H groups in total. The van der Waals surface area contributed by atoms with Crippen LogP contribution >= 0.6 is 11.3 Å². The fourth-order valence-electron chi connectivity index (χ4n) is 4.63. The molecule has 1 aliphatic heterocycles. The Morgan fingerprint density at radius 1 is 1.02 bits per heavy atom. The smallest absolute Gasteiger partial charge is 0.421 e. The summed E-state index contributed by atoms with van der Waals surface area (Å²) in [5.74, 6) is -0.254. The van der Waals surface area contributed by atoms with Crippen LogP contribution in [0.3, 0.4) is 0 Å². The number of urea groups is 1. The molecule has 0 aliphatic carbocycles. The highest BCUT2D eigenvalue weighted by Crippen LogP contribution is 2.41. The van der Waals surface area contributed by atoms with E-state index >= 15 is 0 Å². The fraction of sp³-hybridized carbons (Fsp3) is 0.393. The van der Waals surface area contributed by atoms with Crippen molar-refractivity contribution < 1.29 is 27.2 Å². The number of alkyl halides is 3. The summed E-state index contributed by atoms with van der Waals surface area (Å²) in [6, 6.07) is 2.53. The molecule has 0 saturated carbocycles. The minimum Gasteiger partial charge on any atom is -0.421 e. The molecule has 1 aliphatic rings. The van der Waals surface area contributed by atoms with Gasteiger partial charge in [-0.3, -0.25) is 20.0 Å². The summed E-state index contributed by atoms with van der Waals surface area (Å²) in [7, 11) is 2.02. The van der Waals surface area contributed by atoms with Gasteiger partial charge in [-0.25, -0.2) is 14.8 Å². The van der Waals surface area contributed by atoms with Crippen LogP contribution in [0.5, 0.6) is 0 Å². The molecule has 0 bridgehead atoms. The van der Waals surface area contributed by atoms with E-state index in [0.29, 0.717) is 47.0 Å². The van der Waals surface area contributed by atoms with Crippen LogP contribution in [0.1, 0.15) is 28.2 Å². The summed E-state index contributed by atoms with van der Waals surface area (Å²) < 4.78 is 48.2. The van der Waals surface area contributed by atoms with Crippen molar-refractivity contribution >= 4 is 29.1 Å². The number of aromatic nitrogens is 5. The lowest BCUT2D eigenvalue weighted by molar-refractivity contribution is -0.141. The number of likely N-dealkylation sites (N-methyl/N-ethyl adjacent to an activating group) is 1. The van der Waals surface area contributed by atoms with E-state index in [1.165, 1.54) is 24.7 Å². The summed E-state index contributed by atoms with van der Waals surface area (Å²) in [6.07, 6.45) is -0.509. The maximum Gasteiger partial charge on any atom is 0.435 e. The predicted octanol–water partition coefficient (Wildman–Crippen LogP) is 3.76. The number of carbonyl (C=O) groups excluding carboxylic acids is 2. The van der Waals surface area contributed by atoms with Crippen molar-refractivity contribution in [1.29, 1.82) is 0 Å². The number of hydrogen-bond acceptors (Lipinski definition) is 11. The lowest BCUT2D eigenvalue weighted by atomic mass is 10.0. The van der Waals surface area contributed by atoms with E-state index < -0.39 is 28.7 Å². The Bertz CT molecular complexity index is 1670. The molecule has 0 aromatic carbocycles. The number of thiazole rings is 1. The number of carbonyl (C=O) groups is 2. The second kappa shape index (κ2) is 13.7. The molecule has 4 aromatic rings. The highest BCUT2D eigenvalue weighted by molar-refractivity contribution is 7.17. The van der Waals surface area contributed by atoms with Crippen LogP contribution in [0.15, 0.2) is 35.1 Å². The fourth-order valence-corrected chi connectivity index (χ4v) is 5.66. The average molecular weight is 645 g/mol. The van der Waals surface area contributed by atoms with Gasteiger partial charge in [0, 0.05) is 88.0 Å². The number of nitrogens with one attached hydrogen (secondary N) is 3. The van der Waals surface area contributed by atoms with Gasteiger partial charge in [0.15, 0.2) is 5.69 Å². The van der Waals surface area contributed by atoms with Crippen molar-refractivity contribution in [1.82, 2.24) is 45.6 Å². The monoisotopic (exact) mass is 644 g/mol. The molecule has 13 nitrogen and oxygen atoms in total. The summed E-state index contributed by atoms with van der Waals surface area (Å²) in [6.45, 7) is 7.79. The summed E-state index contributed by atoms with van der Waals surface area (Å²) in [4.78, 5) is 41.5. The largest absolute Gasteiger partial charge is 0.435 e. The third-order valence-corrected chi connectivity index (χ3v) is 8.03. The number of pyridine rings is 2. The standard InChI is InChI=1S/C28H31F3N10O3S/c1-4-33-27(43)36-21-12-19(20(15-35-21)17-11-18(14-32-13-17)25-39-38-16(2)44-25)26-37-23(28(29,30)31)22(45-26)24(42)34-5-6-41-9-7-40(3)8-10-41/h11-15H,4-10H2,1-3H3,(H,34,42)(H2,33,35,36,43). The molecular formula is C28H31F3N10O3S. The zero-order chi connectivity index (χ0) is 32.1. The molecule has 3 amide bonds. The van der Waals surface area contributed by atoms with Gasteiger partial charge in [0.1, 0.15) is 15.7 Å². The van der Waals surface area contributed by atoms with E-state index in [4.69, 9.17) is 4.42 Å². The minimum absolute atomic E-state index is 0.0678. The summed E-state index contributed by atoms with van der Waals surface area (Å²) in [5, 5.41) is 15.5. The predicted molar refractivity (Wildman–Crippen MR) is 161 cm³/mol. The van der Waals surface area contributed by atoms with Crippen molar-refractivity contribution in [2.24, 2.45) is 0 Å². The van der Waals surface area contributed by atoms with Crippen LogP contribution in [-0.2, 0) is 6.18 Å². The normalized spacial score (nSPS) is 14.4. The second-order valence-electron chi connectivity index (χ2n) is 10.3. The van der Waals surface area contributed by atoms with Crippen molar-refractivity contribution in [2.75, 3.05) is 58.2 Å². The number of hydrogen-bond donors (Lipinski definition) is 3. The van der Waals surface area contributed by atoms with Crippen molar-refractivity contribution in [3.05, 3.63) is 47.2 Å². The molecule has 17 heteroatoms. The van der Waals surface area contributed by atoms with E-state index in [1.54, 1.807) is 19.9 Å². The zero-order valence-electron chi connectivity index (χ0n) is 24.7. The number of piperazine rings is 1. The number of amides is 3. The SMILES string of the molecule is CCNC(=O)Nc1cc(-c2nc(C(F)(F)F)c(C(=O)NCCN3CCN(C)CC3)s2)c(-c2cncc(-c3nnc(C)o3)c2)cn1. The van der Waals surface area contributed by atoms with Crippen LogP contribution in [0.4, 0.5) is 23.8 Å². The lowest BCUT2D eigenvalue weighted by Crippen LogP contribution is -2.46.